The van der Waals surface area contributed by atoms with Crippen molar-refractivity contribution in [3.05, 3.63) is 168 Å². The van der Waals surface area contributed by atoms with Crippen LogP contribution in [-0.4, -0.2) is 12.3 Å². The zero-order valence-corrected chi connectivity index (χ0v) is 33.8. The second-order valence-electron chi connectivity index (χ2n) is 18.4. The third-order valence-electron chi connectivity index (χ3n) is 13.1. The molecular weight excluding hydrogens is 663 g/mol. The Hall–Kier alpha value is -5.28. The molecule has 6 aromatic rings. The van der Waals surface area contributed by atoms with E-state index in [0.717, 1.165) is 6.42 Å². The maximum absolute atomic E-state index is 2.80. The van der Waals surface area contributed by atoms with Crippen LogP contribution in [0.5, 0.6) is 0 Å². The van der Waals surface area contributed by atoms with Crippen LogP contribution in [0, 0.1) is 5.92 Å². The number of benzene rings is 6. The van der Waals surface area contributed by atoms with Gasteiger partial charge in [0, 0.05) is 45.2 Å². The van der Waals surface area contributed by atoms with Gasteiger partial charge >= 0.3 is 0 Å². The number of hydrogen-bond acceptors (Lipinski definition) is 2. The molecule has 6 aromatic carbocycles. The van der Waals surface area contributed by atoms with E-state index in [9.17, 15) is 0 Å². The third kappa shape index (κ3) is 5.61. The Morgan fingerprint density at radius 1 is 0.545 bits per heavy atom. The van der Waals surface area contributed by atoms with Crippen molar-refractivity contribution in [1.29, 1.82) is 0 Å². The predicted molar refractivity (Wildman–Crippen MR) is 237 cm³/mol. The minimum atomic E-state index is -0.260. The van der Waals surface area contributed by atoms with Crippen molar-refractivity contribution in [1.82, 2.24) is 0 Å². The van der Waals surface area contributed by atoms with Crippen LogP contribution in [-0.2, 0) is 10.8 Å². The molecular formula is C52H53BN2. The molecule has 0 bridgehead atoms. The first kappa shape index (κ1) is 35.4. The number of allylic oxidation sites excluding steroid dienone is 1. The molecule has 0 aromatic heterocycles. The highest BCUT2D eigenvalue weighted by Crippen LogP contribution is 2.60. The highest BCUT2D eigenvalue weighted by molar-refractivity contribution is 6.90. The van der Waals surface area contributed by atoms with Crippen LogP contribution >= 0.6 is 0 Å². The van der Waals surface area contributed by atoms with Crippen molar-refractivity contribution >= 4 is 40.4 Å². The Labute approximate surface area is 329 Å². The first-order valence-electron chi connectivity index (χ1n) is 20.3. The van der Waals surface area contributed by atoms with E-state index in [1.807, 2.05) is 0 Å². The predicted octanol–water partition coefficient (Wildman–Crippen LogP) is 12.6. The molecule has 2 aliphatic heterocycles. The van der Waals surface area contributed by atoms with Gasteiger partial charge in [-0.2, -0.15) is 0 Å². The molecule has 3 atom stereocenters. The van der Waals surface area contributed by atoms with Gasteiger partial charge in [0.05, 0.1) is 5.69 Å². The summed E-state index contributed by atoms with van der Waals surface area (Å²) in [6.45, 7) is 19.3. The molecule has 9 rings (SSSR count). The summed E-state index contributed by atoms with van der Waals surface area (Å²) in [5.41, 5.74) is 16.9. The average molecular weight is 717 g/mol. The highest BCUT2D eigenvalue weighted by atomic mass is 15.3. The van der Waals surface area contributed by atoms with Crippen molar-refractivity contribution in [3.8, 4) is 22.3 Å². The molecule has 2 heterocycles. The van der Waals surface area contributed by atoms with Gasteiger partial charge < -0.3 is 9.80 Å². The molecule has 0 saturated heterocycles. The monoisotopic (exact) mass is 716 g/mol. The normalized spacial score (nSPS) is 20.4. The molecule has 0 saturated carbocycles. The van der Waals surface area contributed by atoms with E-state index in [4.69, 9.17) is 0 Å². The van der Waals surface area contributed by atoms with Gasteiger partial charge in [0.15, 0.2) is 0 Å². The van der Waals surface area contributed by atoms with E-state index in [-0.39, 0.29) is 28.9 Å². The van der Waals surface area contributed by atoms with E-state index in [1.165, 1.54) is 72.8 Å². The summed E-state index contributed by atoms with van der Waals surface area (Å²) in [4.78, 5) is 5.47. The quantitative estimate of drug-likeness (QED) is 0.168. The molecule has 3 unspecified atom stereocenters. The van der Waals surface area contributed by atoms with Crippen LogP contribution in [0.4, 0.5) is 22.7 Å². The lowest BCUT2D eigenvalue weighted by molar-refractivity contribution is 0.290. The Balaban J connectivity index is 1.39. The van der Waals surface area contributed by atoms with E-state index in [2.05, 4.69) is 217 Å². The van der Waals surface area contributed by atoms with Gasteiger partial charge in [-0.3, -0.25) is 0 Å². The summed E-state index contributed by atoms with van der Waals surface area (Å²) < 4.78 is 0. The van der Waals surface area contributed by atoms with Gasteiger partial charge in [0.25, 0.3) is 0 Å². The topological polar surface area (TPSA) is 6.48 Å². The standard InChI is InChI=1S/C52H53BN2/c1-35-27-32-46-49-52(35,8)55(45-26-18-16-24-41(45)37-21-13-10-14-22-37)48-34-39(51(5,6)7)29-31-43(48)53(49)42-30-28-38(50(2,3)4)33-47(42)54(46)44-25-17-15-23-40(44)36-19-11-9-12-20-36/h9-26,28-35,49H,27H2,1-8H3. The summed E-state index contributed by atoms with van der Waals surface area (Å²) in [5, 5.41) is 0. The fourth-order valence-electron chi connectivity index (χ4n) is 9.95. The molecule has 55 heavy (non-hydrogen) atoms. The molecule has 0 fully saturated rings. The summed E-state index contributed by atoms with van der Waals surface area (Å²) in [5.74, 6) is 0.561. The Bertz CT molecular complexity index is 2430. The largest absolute Gasteiger partial charge is 0.335 e. The number of fused-ring (bicyclic) bond motifs is 4. The van der Waals surface area contributed by atoms with Crippen LogP contribution < -0.4 is 20.7 Å². The zero-order valence-electron chi connectivity index (χ0n) is 33.8. The summed E-state index contributed by atoms with van der Waals surface area (Å²) in [6, 6.07) is 55.0. The molecule has 3 aliphatic rings. The second kappa shape index (κ2) is 12.9. The van der Waals surface area contributed by atoms with Crippen molar-refractivity contribution in [2.75, 3.05) is 9.80 Å². The Morgan fingerprint density at radius 2 is 1.02 bits per heavy atom. The Kier molecular flexibility index (Phi) is 8.31. The van der Waals surface area contributed by atoms with Crippen molar-refractivity contribution in [2.45, 2.75) is 84.0 Å². The Morgan fingerprint density at radius 3 is 1.58 bits per heavy atom. The van der Waals surface area contributed by atoms with Gasteiger partial charge in [0.2, 0.25) is 6.71 Å². The van der Waals surface area contributed by atoms with E-state index in [0.29, 0.717) is 5.92 Å². The van der Waals surface area contributed by atoms with E-state index in [1.54, 1.807) is 0 Å². The molecule has 0 N–H and O–H groups in total. The number of rotatable bonds is 4. The van der Waals surface area contributed by atoms with Gasteiger partial charge in [-0.05, 0) is 82.1 Å². The summed E-state index contributed by atoms with van der Waals surface area (Å²) in [6.07, 6.45) is 3.60. The molecule has 0 radical (unpaired) electrons. The van der Waals surface area contributed by atoms with Gasteiger partial charge in [-0.15, -0.1) is 0 Å². The molecule has 2 nitrogen and oxygen atoms in total. The van der Waals surface area contributed by atoms with Gasteiger partial charge in [-0.1, -0.05) is 181 Å². The van der Waals surface area contributed by atoms with Crippen LogP contribution in [0.25, 0.3) is 22.3 Å². The SMILES string of the molecule is CC1CC=C2C3B(c4ccc(C(C)(C)C)cc4N2c2ccccc2-c2ccccc2)c2ccc(C(C)(C)C)cc2N(c2ccccc2-c2ccccc2)C13C. The minimum absolute atomic E-state index is 0.00446. The molecule has 1 aliphatic carbocycles. The first-order chi connectivity index (χ1) is 26.4. The van der Waals surface area contributed by atoms with E-state index < -0.39 is 0 Å². The zero-order chi connectivity index (χ0) is 38.3. The van der Waals surface area contributed by atoms with Crippen LogP contribution in [0.3, 0.4) is 0 Å². The van der Waals surface area contributed by atoms with Gasteiger partial charge in [0.1, 0.15) is 0 Å². The number of hydrogen-bond donors (Lipinski definition) is 0. The lowest BCUT2D eigenvalue weighted by Gasteiger charge is -2.62. The molecule has 0 amide bonds. The van der Waals surface area contributed by atoms with Crippen molar-refractivity contribution in [2.24, 2.45) is 5.92 Å². The fourth-order valence-corrected chi connectivity index (χ4v) is 9.95. The second-order valence-corrected chi connectivity index (χ2v) is 18.4. The number of nitrogens with zero attached hydrogens (tertiary/aromatic N) is 2. The maximum Gasteiger partial charge on any atom is 0.226 e. The lowest BCUT2D eigenvalue weighted by atomic mass is 9.25. The summed E-state index contributed by atoms with van der Waals surface area (Å²) >= 11 is 0. The maximum atomic E-state index is 2.80. The smallest absolute Gasteiger partial charge is 0.226 e. The molecule has 3 heteroatoms. The van der Waals surface area contributed by atoms with E-state index >= 15 is 0 Å². The number of para-hydroxylation sites is 2. The highest BCUT2D eigenvalue weighted by Gasteiger charge is 2.60. The number of anilines is 4. The third-order valence-corrected chi connectivity index (χ3v) is 13.1. The van der Waals surface area contributed by atoms with Crippen LogP contribution in [0.15, 0.2) is 157 Å². The lowest BCUT2D eigenvalue weighted by Crippen LogP contribution is -2.70. The first-order valence-corrected chi connectivity index (χ1v) is 20.3. The minimum Gasteiger partial charge on any atom is -0.335 e. The average Bonchev–Trinajstić information content (AvgIpc) is 3.18. The van der Waals surface area contributed by atoms with Crippen molar-refractivity contribution in [3.63, 3.8) is 0 Å². The van der Waals surface area contributed by atoms with Crippen molar-refractivity contribution < 1.29 is 0 Å². The fraction of sp³-hybridized carbons (Fsp3) is 0.269. The molecule has 274 valence electrons. The van der Waals surface area contributed by atoms with Gasteiger partial charge in [-0.25, -0.2) is 0 Å². The summed E-state index contributed by atoms with van der Waals surface area (Å²) in [7, 11) is 0. The van der Waals surface area contributed by atoms with Crippen LogP contribution in [0.1, 0.15) is 72.9 Å². The van der Waals surface area contributed by atoms with Crippen LogP contribution in [0.2, 0.25) is 5.82 Å². The molecule has 0 spiro atoms.